The lowest BCUT2D eigenvalue weighted by molar-refractivity contribution is -0.126. The van der Waals surface area contributed by atoms with Crippen LogP contribution in [0, 0.1) is 11.8 Å². The quantitative estimate of drug-likeness (QED) is 0.411. The van der Waals surface area contributed by atoms with Gasteiger partial charge in [0.2, 0.25) is 17.7 Å². The first kappa shape index (κ1) is 25.6. The van der Waals surface area contributed by atoms with Crippen LogP contribution in [0.5, 0.6) is 0 Å². The van der Waals surface area contributed by atoms with Gasteiger partial charge < -0.3 is 25.8 Å². The number of nitrogens with one attached hydrogen (secondary N) is 3. The second-order valence-electron chi connectivity index (χ2n) is 9.80. The number of alkyl carbamates (subject to hydrolysis) is 1. The number of carbonyl (C=O) groups is 3. The highest BCUT2D eigenvalue weighted by molar-refractivity contribution is 5.86. The zero-order valence-electron chi connectivity index (χ0n) is 19.1. The minimum Gasteiger partial charge on any atom is -0.446 e. The molecule has 0 radical (unpaired) electrons. The van der Waals surface area contributed by atoms with Gasteiger partial charge in [0.25, 0.3) is 0 Å². The number of ether oxygens (including phenoxy) is 1. The molecule has 1 saturated heterocycles. The van der Waals surface area contributed by atoms with E-state index in [-0.39, 0.29) is 50.0 Å². The molecule has 0 aromatic carbocycles. The van der Waals surface area contributed by atoms with E-state index in [1.807, 2.05) is 0 Å². The van der Waals surface area contributed by atoms with E-state index in [2.05, 4.69) is 16.0 Å². The molecule has 3 amide bonds. The number of aliphatic hydroxyl groups is 1. The molecule has 8 nitrogen and oxygen atoms in total. The summed E-state index contributed by atoms with van der Waals surface area (Å²) >= 11 is 0. The van der Waals surface area contributed by atoms with Crippen molar-refractivity contribution in [1.29, 1.82) is 0 Å². The number of halogens is 2. The molecule has 0 aromatic heterocycles. The van der Waals surface area contributed by atoms with Crippen molar-refractivity contribution in [3.05, 3.63) is 0 Å². The third-order valence-electron chi connectivity index (χ3n) is 7.14. The SMILES string of the molecule is O=C(NC(CC1CCCCC1)C(=O)NC(CO)CC1CCNC1=O)OC1CCC(F)(F)CC1. The predicted molar refractivity (Wildman–Crippen MR) is 117 cm³/mol. The molecule has 3 fully saturated rings. The largest absolute Gasteiger partial charge is 0.446 e. The van der Waals surface area contributed by atoms with Crippen molar-refractivity contribution >= 4 is 17.9 Å². The van der Waals surface area contributed by atoms with E-state index in [0.29, 0.717) is 25.8 Å². The molecule has 0 aromatic rings. The Balaban J connectivity index is 1.56. The predicted octanol–water partition coefficient (Wildman–Crippen LogP) is 2.63. The van der Waals surface area contributed by atoms with E-state index >= 15 is 0 Å². The van der Waals surface area contributed by atoms with Gasteiger partial charge in [-0.15, -0.1) is 0 Å². The molecule has 4 N–H and O–H groups in total. The molecule has 0 bridgehead atoms. The number of carbonyl (C=O) groups excluding carboxylic acids is 3. The van der Waals surface area contributed by atoms with E-state index in [0.717, 1.165) is 32.1 Å². The first-order valence-electron chi connectivity index (χ1n) is 12.3. The van der Waals surface area contributed by atoms with Crippen LogP contribution in [0.1, 0.15) is 77.0 Å². The van der Waals surface area contributed by atoms with Crippen molar-refractivity contribution in [2.24, 2.45) is 11.8 Å². The number of hydrogen-bond donors (Lipinski definition) is 4. The lowest BCUT2D eigenvalue weighted by Crippen LogP contribution is -2.52. The van der Waals surface area contributed by atoms with Crippen LogP contribution in [0.25, 0.3) is 0 Å². The molecule has 0 spiro atoms. The van der Waals surface area contributed by atoms with Crippen LogP contribution in [0.15, 0.2) is 0 Å². The van der Waals surface area contributed by atoms with E-state index in [1.54, 1.807) is 0 Å². The lowest BCUT2D eigenvalue weighted by atomic mass is 9.84. The second-order valence-corrected chi connectivity index (χ2v) is 9.80. The maximum atomic E-state index is 13.4. The third kappa shape index (κ3) is 8.08. The van der Waals surface area contributed by atoms with Gasteiger partial charge in [-0.1, -0.05) is 32.1 Å². The summed E-state index contributed by atoms with van der Waals surface area (Å²) in [5.74, 6) is -3.20. The molecule has 10 heteroatoms. The smallest absolute Gasteiger partial charge is 0.408 e. The average Bonchev–Trinajstić information content (AvgIpc) is 3.19. The van der Waals surface area contributed by atoms with E-state index < -0.39 is 36.1 Å². The highest BCUT2D eigenvalue weighted by atomic mass is 19.3. The Bertz CT molecular complexity index is 677. The molecule has 188 valence electrons. The molecule has 1 heterocycles. The van der Waals surface area contributed by atoms with Crippen molar-refractivity contribution in [2.45, 2.75) is 101 Å². The van der Waals surface area contributed by atoms with Gasteiger partial charge in [-0.2, -0.15) is 0 Å². The van der Waals surface area contributed by atoms with E-state index in [1.165, 1.54) is 0 Å². The maximum Gasteiger partial charge on any atom is 0.408 e. The summed E-state index contributed by atoms with van der Waals surface area (Å²) in [6, 6.07) is -1.45. The van der Waals surface area contributed by atoms with Gasteiger partial charge in [-0.05, 0) is 38.0 Å². The topological polar surface area (TPSA) is 117 Å². The highest BCUT2D eigenvalue weighted by Crippen LogP contribution is 2.34. The summed E-state index contributed by atoms with van der Waals surface area (Å²) in [4.78, 5) is 37.4. The molecule has 3 unspecified atom stereocenters. The van der Waals surface area contributed by atoms with Gasteiger partial charge in [0.15, 0.2) is 0 Å². The van der Waals surface area contributed by atoms with Crippen LogP contribution < -0.4 is 16.0 Å². The fourth-order valence-corrected chi connectivity index (χ4v) is 5.14. The van der Waals surface area contributed by atoms with Gasteiger partial charge in [0, 0.05) is 25.3 Å². The van der Waals surface area contributed by atoms with Gasteiger partial charge in [0.05, 0.1) is 12.6 Å². The Morgan fingerprint density at radius 2 is 1.76 bits per heavy atom. The molecule has 3 aliphatic rings. The van der Waals surface area contributed by atoms with Crippen LogP contribution in [0.3, 0.4) is 0 Å². The fraction of sp³-hybridized carbons (Fsp3) is 0.870. The van der Waals surface area contributed by atoms with Gasteiger partial charge >= 0.3 is 6.09 Å². The molecular weight excluding hydrogens is 436 g/mol. The van der Waals surface area contributed by atoms with Crippen LogP contribution >= 0.6 is 0 Å². The number of amides is 3. The minimum atomic E-state index is -2.71. The molecule has 33 heavy (non-hydrogen) atoms. The number of hydrogen-bond acceptors (Lipinski definition) is 5. The molecular formula is C23H37F2N3O5. The average molecular weight is 474 g/mol. The summed E-state index contributed by atoms with van der Waals surface area (Å²) in [6.45, 7) is 0.271. The summed E-state index contributed by atoms with van der Waals surface area (Å²) in [6.07, 6.45) is 4.88. The summed E-state index contributed by atoms with van der Waals surface area (Å²) in [5.41, 5.74) is 0. The Morgan fingerprint density at radius 3 is 2.36 bits per heavy atom. The van der Waals surface area contributed by atoms with Crippen molar-refractivity contribution in [1.82, 2.24) is 16.0 Å². The van der Waals surface area contributed by atoms with Gasteiger partial charge in [-0.25, -0.2) is 13.6 Å². The number of alkyl halides is 2. The molecule has 3 rings (SSSR count). The maximum absolute atomic E-state index is 13.4. The summed E-state index contributed by atoms with van der Waals surface area (Å²) in [7, 11) is 0. The van der Waals surface area contributed by atoms with Crippen LogP contribution in [0.4, 0.5) is 13.6 Å². The molecule has 1 aliphatic heterocycles. The van der Waals surface area contributed by atoms with Gasteiger partial charge in [0.1, 0.15) is 12.1 Å². The fourth-order valence-electron chi connectivity index (χ4n) is 5.14. The van der Waals surface area contributed by atoms with E-state index in [9.17, 15) is 28.3 Å². The van der Waals surface area contributed by atoms with Crippen LogP contribution in [0.2, 0.25) is 0 Å². The first-order chi connectivity index (χ1) is 15.8. The van der Waals surface area contributed by atoms with Crippen LogP contribution in [-0.2, 0) is 14.3 Å². The van der Waals surface area contributed by atoms with Gasteiger partial charge in [-0.3, -0.25) is 9.59 Å². The van der Waals surface area contributed by atoms with Crippen molar-refractivity contribution < 1.29 is 33.0 Å². The Morgan fingerprint density at radius 1 is 1.06 bits per heavy atom. The first-order valence-corrected chi connectivity index (χ1v) is 12.3. The molecule has 3 atom stereocenters. The monoisotopic (exact) mass is 473 g/mol. The zero-order chi connectivity index (χ0) is 23.8. The summed E-state index contributed by atoms with van der Waals surface area (Å²) in [5, 5.41) is 17.9. The van der Waals surface area contributed by atoms with Crippen molar-refractivity contribution in [3.63, 3.8) is 0 Å². The number of aliphatic hydroxyl groups excluding tert-OH is 1. The van der Waals surface area contributed by atoms with Crippen molar-refractivity contribution in [3.8, 4) is 0 Å². The normalized spacial score (nSPS) is 25.7. The third-order valence-corrected chi connectivity index (χ3v) is 7.14. The Kier molecular flexibility index (Phi) is 9.28. The standard InChI is InChI=1S/C23H37F2N3O5/c24-23(25)9-6-18(7-10-23)33-22(32)28-19(12-15-4-2-1-3-5-15)21(31)27-17(14-29)13-16-8-11-26-20(16)30/h15-19,29H,1-14H2,(H,26,30)(H,27,31)(H,28,32). The Labute approximate surface area is 193 Å². The Hall–Kier alpha value is -1.97. The lowest BCUT2D eigenvalue weighted by Gasteiger charge is -2.30. The van der Waals surface area contributed by atoms with E-state index in [4.69, 9.17) is 4.74 Å². The summed E-state index contributed by atoms with van der Waals surface area (Å²) < 4.78 is 32.1. The minimum absolute atomic E-state index is 0.0822. The number of rotatable bonds is 9. The molecule has 2 aliphatic carbocycles. The van der Waals surface area contributed by atoms with Crippen molar-refractivity contribution in [2.75, 3.05) is 13.2 Å². The van der Waals surface area contributed by atoms with Crippen LogP contribution in [-0.4, -0.2) is 60.3 Å². The second kappa shape index (κ2) is 11.9. The highest BCUT2D eigenvalue weighted by Gasteiger charge is 2.37. The molecule has 2 saturated carbocycles. The zero-order valence-corrected chi connectivity index (χ0v) is 19.1.